The van der Waals surface area contributed by atoms with E-state index in [0.29, 0.717) is 5.56 Å². The number of hydrogen-bond donors (Lipinski definition) is 1. The molecule has 0 aliphatic carbocycles. The van der Waals surface area contributed by atoms with E-state index < -0.39 is 23.9 Å². The van der Waals surface area contributed by atoms with Gasteiger partial charge in [0.05, 0.1) is 11.5 Å². The molecule has 0 saturated carbocycles. The van der Waals surface area contributed by atoms with E-state index in [1.165, 1.54) is 50.3 Å². The summed E-state index contributed by atoms with van der Waals surface area (Å²) in [4.78, 5) is 11.0. The van der Waals surface area contributed by atoms with Gasteiger partial charge in [0.15, 0.2) is 0 Å². The summed E-state index contributed by atoms with van der Waals surface area (Å²) >= 11 is 3.09. The number of aromatic carboxylic acids is 1. The Bertz CT molecular complexity index is 849. The summed E-state index contributed by atoms with van der Waals surface area (Å²) < 4.78 is 54.5. The summed E-state index contributed by atoms with van der Waals surface area (Å²) in [6.07, 6.45) is -2.30. The third kappa shape index (κ3) is 4.52. The summed E-state index contributed by atoms with van der Waals surface area (Å²) in [7, 11) is 0. The number of benzene rings is 2. The highest BCUT2D eigenvalue weighted by atomic mass is 79.9. The number of aryl methyl sites for hydroxylation is 2. The third-order valence-corrected chi connectivity index (χ3v) is 4.53. The lowest BCUT2D eigenvalue weighted by Crippen LogP contribution is -2.19. The van der Waals surface area contributed by atoms with E-state index in [1.807, 2.05) is 0 Å². The molecule has 2 nitrogen and oxygen atoms in total. The number of carboxylic acid groups (broad SMARTS) is 1. The second-order valence-electron chi connectivity index (χ2n) is 5.89. The van der Waals surface area contributed by atoms with Crippen molar-refractivity contribution in [2.75, 3.05) is 0 Å². The van der Waals surface area contributed by atoms with Crippen molar-refractivity contribution >= 4 is 28.0 Å². The Kier molecular flexibility index (Phi) is 5.91. The summed E-state index contributed by atoms with van der Waals surface area (Å²) in [6, 6.07) is 6.53. The van der Waals surface area contributed by atoms with Crippen molar-refractivity contribution in [3.05, 3.63) is 74.5 Å². The fourth-order valence-electron chi connectivity index (χ4n) is 2.58. The number of rotatable bonds is 4. The maximum Gasteiger partial charge on any atom is 0.399 e. The van der Waals surface area contributed by atoms with Crippen molar-refractivity contribution in [2.45, 2.75) is 25.9 Å². The minimum atomic E-state index is -4.55. The summed E-state index contributed by atoms with van der Waals surface area (Å²) in [6.45, 7) is 2.84. The summed E-state index contributed by atoms with van der Waals surface area (Å²) in [5, 5.41) is 8.98. The lowest BCUT2D eigenvalue weighted by Gasteiger charge is -2.19. The molecule has 1 unspecified atom stereocenters. The quantitative estimate of drug-likeness (QED) is 0.580. The van der Waals surface area contributed by atoms with Crippen LogP contribution in [0.2, 0.25) is 0 Å². The van der Waals surface area contributed by atoms with Crippen LogP contribution in [0.1, 0.15) is 38.5 Å². The second kappa shape index (κ2) is 7.61. The molecular formula is C19H15BrF4O2. The lowest BCUT2D eigenvalue weighted by atomic mass is 9.93. The monoisotopic (exact) mass is 430 g/mol. The average molecular weight is 431 g/mol. The maximum atomic E-state index is 13.7. The molecule has 0 bridgehead atoms. The molecule has 7 heteroatoms. The molecule has 26 heavy (non-hydrogen) atoms. The molecule has 2 rings (SSSR count). The Hall–Kier alpha value is -2.15. The van der Waals surface area contributed by atoms with E-state index in [0.717, 1.165) is 6.08 Å². The van der Waals surface area contributed by atoms with Crippen LogP contribution in [0.3, 0.4) is 0 Å². The van der Waals surface area contributed by atoms with Crippen LogP contribution in [0.5, 0.6) is 0 Å². The van der Waals surface area contributed by atoms with Crippen LogP contribution in [0, 0.1) is 19.7 Å². The SMILES string of the molecule is Cc1cc(C(/C=C/c2ccc(C(=O)O)c(Br)c2)C(F)(F)F)cc(C)c1F. The van der Waals surface area contributed by atoms with Gasteiger partial charge in [-0.25, -0.2) is 9.18 Å². The van der Waals surface area contributed by atoms with Gasteiger partial charge >= 0.3 is 12.1 Å². The molecule has 0 saturated heterocycles. The predicted molar refractivity (Wildman–Crippen MR) is 94.8 cm³/mol. The van der Waals surface area contributed by atoms with Crippen LogP contribution in [-0.4, -0.2) is 17.3 Å². The third-order valence-electron chi connectivity index (χ3n) is 3.88. The first-order valence-corrected chi connectivity index (χ1v) is 8.34. The minimum Gasteiger partial charge on any atom is -0.478 e. The Labute approximate surface area is 156 Å². The maximum absolute atomic E-state index is 13.7. The van der Waals surface area contributed by atoms with Crippen LogP contribution < -0.4 is 0 Å². The zero-order chi connectivity index (χ0) is 19.6. The van der Waals surface area contributed by atoms with Gasteiger partial charge in [-0.3, -0.25) is 0 Å². The van der Waals surface area contributed by atoms with Gasteiger partial charge in [0, 0.05) is 4.47 Å². The van der Waals surface area contributed by atoms with Crippen LogP contribution in [0.25, 0.3) is 6.08 Å². The van der Waals surface area contributed by atoms with Gasteiger partial charge in [0.2, 0.25) is 0 Å². The van der Waals surface area contributed by atoms with Crippen LogP contribution in [0.15, 0.2) is 40.9 Å². The number of hydrogen-bond acceptors (Lipinski definition) is 1. The number of carboxylic acids is 1. The van der Waals surface area contributed by atoms with E-state index in [1.54, 1.807) is 0 Å². The van der Waals surface area contributed by atoms with Crippen molar-refractivity contribution in [3.63, 3.8) is 0 Å². The first-order valence-electron chi connectivity index (χ1n) is 7.55. The molecule has 0 radical (unpaired) electrons. The molecule has 0 fully saturated rings. The fourth-order valence-corrected chi connectivity index (χ4v) is 3.15. The van der Waals surface area contributed by atoms with Gasteiger partial charge in [-0.1, -0.05) is 30.4 Å². The van der Waals surface area contributed by atoms with Crippen molar-refractivity contribution < 1.29 is 27.5 Å². The molecular weight excluding hydrogens is 416 g/mol. The fraction of sp³-hybridized carbons (Fsp3) is 0.211. The molecule has 2 aromatic rings. The zero-order valence-corrected chi connectivity index (χ0v) is 15.5. The zero-order valence-electron chi connectivity index (χ0n) is 13.9. The van der Waals surface area contributed by atoms with Gasteiger partial charge in [0.1, 0.15) is 5.82 Å². The largest absolute Gasteiger partial charge is 0.478 e. The molecule has 0 heterocycles. The molecule has 2 aromatic carbocycles. The van der Waals surface area contributed by atoms with Crippen molar-refractivity contribution in [2.24, 2.45) is 0 Å². The van der Waals surface area contributed by atoms with Crippen molar-refractivity contribution in [1.29, 1.82) is 0 Å². The summed E-state index contributed by atoms with van der Waals surface area (Å²) in [5.41, 5.74) is 0.671. The Balaban J connectivity index is 2.42. The highest BCUT2D eigenvalue weighted by molar-refractivity contribution is 9.10. The van der Waals surface area contributed by atoms with Crippen molar-refractivity contribution in [1.82, 2.24) is 0 Å². The number of halogens is 5. The second-order valence-corrected chi connectivity index (χ2v) is 6.75. The molecule has 0 aromatic heterocycles. The predicted octanol–water partition coefficient (Wildman–Crippen LogP) is 6.26. The minimum absolute atomic E-state index is 0.0132. The van der Waals surface area contributed by atoms with Gasteiger partial charge in [-0.15, -0.1) is 0 Å². The standard InChI is InChI=1S/C19H15BrF4O2/c1-10-7-13(8-11(2)17(10)21)15(19(22,23)24)6-4-12-3-5-14(18(25)26)16(20)9-12/h3-9,15H,1-2H3,(H,25,26)/b6-4+. The number of carbonyl (C=O) groups is 1. The van der Waals surface area contributed by atoms with Crippen molar-refractivity contribution in [3.8, 4) is 0 Å². The van der Waals surface area contributed by atoms with E-state index in [2.05, 4.69) is 15.9 Å². The van der Waals surface area contributed by atoms with E-state index in [-0.39, 0.29) is 26.7 Å². The number of allylic oxidation sites excluding steroid dienone is 1. The highest BCUT2D eigenvalue weighted by Gasteiger charge is 2.39. The topological polar surface area (TPSA) is 37.3 Å². The molecule has 0 aliphatic rings. The van der Waals surface area contributed by atoms with E-state index >= 15 is 0 Å². The van der Waals surface area contributed by atoms with Crippen LogP contribution >= 0.6 is 15.9 Å². The molecule has 1 N–H and O–H groups in total. The van der Waals surface area contributed by atoms with Gasteiger partial charge < -0.3 is 5.11 Å². The average Bonchev–Trinajstić information content (AvgIpc) is 2.51. The first-order chi connectivity index (χ1) is 12.0. The smallest absolute Gasteiger partial charge is 0.399 e. The molecule has 0 amide bonds. The molecule has 0 spiro atoms. The first kappa shape index (κ1) is 20.2. The molecule has 0 aliphatic heterocycles. The van der Waals surface area contributed by atoms with Crippen LogP contribution in [0.4, 0.5) is 17.6 Å². The molecule has 1 atom stereocenters. The van der Waals surface area contributed by atoms with E-state index in [9.17, 15) is 22.4 Å². The molecule has 138 valence electrons. The number of alkyl halides is 3. The van der Waals surface area contributed by atoms with Crippen LogP contribution in [-0.2, 0) is 0 Å². The van der Waals surface area contributed by atoms with Gasteiger partial charge in [0.25, 0.3) is 0 Å². The Morgan fingerprint density at radius 2 is 1.73 bits per heavy atom. The summed E-state index contributed by atoms with van der Waals surface area (Å²) in [5.74, 6) is -3.57. The van der Waals surface area contributed by atoms with Gasteiger partial charge in [-0.2, -0.15) is 13.2 Å². The normalized spacial score (nSPS) is 13.2. The lowest BCUT2D eigenvalue weighted by molar-refractivity contribution is -0.139. The Morgan fingerprint density at radius 1 is 1.15 bits per heavy atom. The van der Waals surface area contributed by atoms with E-state index in [4.69, 9.17) is 5.11 Å². The Morgan fingerprint density at radius 3 is 2.19 bits per heavy atom. The van der Waals surface area contributed by atoms with Gasteiger partial charge in [-0.05, 0) is 64.2 Å². The highest BCUT2D eigenvalue weighted by Crippen LogP contribution is 2.37.